The van der Waals surface area contributed by atoms with Gasteiger partial charge in [-0.05, 0) is 42.7 Å². The van der Waals surface area contributed by atoms with E-state index in [1.54, 1.807) is 13.2 Å². The average Bonchev–Trinajstić information content (AvgIpc) is 2.42. The summed E-state index contributed by atoms with van der Waals surface area (Å²) in [5.41, 5.74) is 2.89. The number of ether oxygens (including phenoxy) is 1. The predicted molar refractivity (Wildman–Crippen MR) is 80.3 cm³/mol. The number of rotatable bonds is 6. The minimum absolute atomic E-state index is 0.144. The second kappa shape index (κ2) is 7.06. The molecule has 0 heterocycles. The average molecular weight is 273 g/mol. The van der Waals surface area contributed by atoms with E-state index < -0.39 is 0 Å². The molecule has 0 saturated carbocycles. The molecule has 20 heavy (non-hydrogen) atoms. The molecule has 1 unspecified atom stereocenters. The number of benzene rings is 2. The monoisotopic (exact) mass is 273 g/mol. The molecule has 2 aromatic carbocycles. The molecule has 3 heteroatoms. The molecule has 0 aromatic heterocycles. The zero-order valence-corrected chi connectivity index (χ0v) is 11.9. The number of methoxy groups -OCH3 is 1. The fourth-order valence-electron chi connectivity index (χ4n) is 2.25. The molecule has 2 nitrogen and oxygen atoms in total. The van der Waals surface area contributed by atoms with Gasteiger partial charge in [0.15, 0.2) is 0 Å². The Bertz CT molecular complexity index is 556. The first-order valence-electron chi connectivity index (χ1n) is 6.77. The fourth-order valence-corrected chi connectivity index (χ4v) is 2.25. The Morgan fingerprint density at radius 1 is 1.15 bits per heavy atom. The summed E-state index contributed by atoms with van der Waals surface area (Å²) in [6, 6.07) is 15.1. The summed E-state index contributed by atoms with van der Waals surface area (Å²) >= 11 is 0. The van der Waals surface area contributed by atoms with Gasteiger partial charge in [0, 0.05) is 18.8 Å². The quantitative estimate of drug-likeness (QED) is 0.858. The van der Waals surface area contributed by atoms with Crippen molar-refractivity contribution in [3.05, 3.63) is 65.5 Å². The predicted octanol–water partition coefficient (Wildman–Crippen LogP) is 4.02. The Balaban J connectivity index is 1.99. The van der Waals surface area contributed by atoms with E-state index in [4.69, 9.17) is 4.74 Å². The summed E-state index contributed by atoms with van der Waals surface area (Å²) in [7, 11) is 1.68. The van der Waals surface area contributed by atoms with Crippen LogP contribution >= 0.6 is 0 Å². The summed E-state index contributed by atoms with van der Waals surface area (Å²) in [5.74, 6) is -0.144. The maximum atomic E-state index is 13.6. The van der Waals surface area contributed by atoms with E-state index >= 15 is 0 Å². The fraction of sp³-hybridized carbons (Fsp3) is 0.294. The zero-order valence-electron chi connectivity index (χ0n) is 11.9. The van der Waals surface area contributed by atoms with Crippen molar-refractivity contribution in [2.45, 2.75) is 26.0 Å². The van der Waals surface area contributed by atoms with Gasteiger partial charge in [0.25, 0.3) is 0 Å². The Morgan fingerprint density at radius 3 is 2.70 bits per heavy atom. The molecule has 0 aliphatic carbocycles. The summed E-state index contributed by atoms with van der Waals surface area (Å²) in [6.07, 6.45) is 0.654. The number of nitrogens with one attached hydrogen (secondary N) is 1. The number of hydrogen-bond acceptors (Lipinski definition) is 2. The molecule has 0 saturated heterocycles. The van der Waals surface area contributed by atoms with Crippen LogP contribution in [0.15, 0.2) is 48.5 Å². The standard InChI is InChI=1S/C17H20FNO/c1-13(10-15-7-3-4-9-17(15)18)19-16-8-5-6-14(11-16)12-20-2/h3-9,11,13,19H,10,12H2,1-2H3. The molecular formula is C17H20FNO. The van der Waals surface area contributed by atoms with Crippen LogP contribution in [0.25, 0.3) is 0 Å². The Morgan fingerprint density at radius 2 is 1.95 bits per heavy atom. The molecular weight excluding hydrogens is 253 g/mol. The molecule has 0 fully saturated rings. The Hall–Kier alpha value is -1.87. The lowest BCUT2D eigenvalue weighted by Crippen LogP contribution is -2.18. The Kier molecular flexibility index (Phi) is 5.13. The lowest BCUT2D eigenvalue weighted by atomic mass is 10.1. The lowest BCUT2D eigenvalue weighted by molar-refractivity contribution is 0.185. The van der Waals surface area contributed by atoms with Gasteiger partial charge in [0.05, 0.1) is 6.61 Å². The van der Waals surface area contributed by atoms with E-state index in [1.807, 2.05) is 30.3 Å². The highest BCUT2D eigenvalue weighted by Gasteiger charge is 2.07. The van der Waals surface area contributed by atoms with Gasteiger partial charge in [-0.2, -0.15) is 0 Å². The number of hydrogen-bond donors (Lipinski definition) is 1. The number of halogens is 1. The molecule has 0 aliphatic heterocycles. The van der Waals surface area contributed by atoms with Gasteiger partial charge >= 0.3 is 0 Å². The van der Waals surface area contributed by atoms with Crippen LogP contribution in [0, 0.1) is 5.82 Å². The topological polar surface area (TPSA) is 21.3 Å². The van der Waals surface area contributed by atoms with E-state index in [-0.39, 0.29) is 11.9 Å². The molecule has 0 radical (unpaired) electrons. The van der Waals surface area contributed by atoms with Gasteiger partial charge < -0.3 is 10.1 Å². The van der Waals surface area contributed by atoms with Crippen molar-refractivity contribution in [3.8, 4) is 0 Å². The van der Waals surface area contributed by atoms with Crippen LogP contribution < -0.4 is 5.32 Å². The first-order valence-corrected chi connectivity index (χ1v) is 6.77. The van der Waals surface area contributed by atoms with Crippen LogP contribution in [0.4, 0.5) is 10.1 Å². The third-order valence-electron chi connectivity index (χ3n) is 3.13. The second-order valence-corrected chi connectivity index (χ2v) is 4.97. The van der Waals surface area contributed by atoms with E-state index in [1.165, 1.54) is 6.07 Å². The van der Waals surface area contributed by atoms with E-state index in [2.05, 4.69) is 18.3 Å². The van der Waals surface area contributed by atoms with Crippen molar-refractivity contribution in [1.29, 1.82) is 0 Å². The van der Waals surface area contributed by atoms with Crippen molar-refractivity contribution >= 4 is 5.69 Å². The van der Waals surface area contributed by atoms with Crippen LogP contribution in [0.3, 0.4) is 0 Å². The van der Waals surface area contributed by atoms with Gasteiger partial charge in [0.2, 0.25) is 0 Å². The molecule has 1 N–H and O–H groups in total. The normalized spacial score (nSPS) is 12.2. The highest BCUT2D eigenvalue weighted by atomic mass is 19.1. The van der Waals surface area contributed by atoms with Gasteiger partial charge in [-0.15, -0.1) is 0 Å². The van der Waals surface area contributed by atoms with E-state index in [0.29, 0.717) is 13.0 Å². The molecule has 0 spiro atoms. The van der Waals surface area contributed by atoms with Gasteiger partial charge in [-0.1, -0.05) is 30.3 Å². The van der Waals surface area contributed by atoms with Crippen LogP contribution in [0.1, 0.15) is 18.1 Å². The van der Waals surface area contributed by atoms with Crippen molar-refractivity contribution in [3.63, 3.8) is 0 Å². The molecule has 0 amide bonds. The molecule has 0 aliphatic rings. The highest BCUT2D eigenvalue weighted by Crippen LogP contribution is 2.15. The van der Waals surface area contributed by atoms with Crippen LogP contribution in [0.5, 0.6) is 0 Å². The van der Waals surface area contributed by atoms with E-state index in [0.717, 1.165) is 16.8 Å². The van der Waals surface area contributed by atoms with Gasteiger partial charge in [0.1, 0.15) is 5.82 Å². The van der Waals surface area contributed by atoms with Gasteiger partial charge in [-0.25, -0.2) is 4.39 Å². The second-order valence-electron chi connectivity index (χ2n) is 4.97. The summed E-state index contributed by atoms with van der Waals surface area (Å²) in [6.45, 7) is 2.65. The SMILES string of the molecule is COCc1cccc(NC(C)Cc2ccccc2F)c1. The summed E-state index contributed by atoms with van der Waals surface area (Å²) in [5, 5.41) is 3.39. The summed E-state index contributed by atoms with van der Waals surface area (Å²) < 4.78 is 18.7. The smallest absolute Gasteiger partial charge is 0.126 e. The minimum atomic E-state index is -0.144. The maximum Gasteiger partial charge on any atom is 0.126 e. The third kappa shape index (κ3) is 4.07. The minimum Gasteiger partial charge on any atom is -0.382 e. The molecule has 1 atom stereocenters. The zero-order chi connectivity index (χ0) is 14.4. The largest absolute Gasteiger partial charge is 0.382 e. The van der Waals surface area contributed by atoms with Crippen molar-refractivity contribution in [2.75, 3.05) is 12.4 Å². The molecule has 2 rings (SSSR count). The molecule has 106 valence electrons. The highest BCUT2D eigenvalue weighted by molar-refractivity contribution is 5.46. The maximum absolute atomic E-state index is 13.6. The lowest BCUT2D eigenvalue weighted by Gasteiger charge is -2.16. The number of anilines is 1. The van der Waals surface area contributed by atoms with Crippen LogP contribution in [-0.4, -0.2) is 13.2 Å². The van der Waals surface area contributed by atoms with Crippen molar-refractivity contribution in [2.24, 2.45) is 0 Å². The third-order valence-corrected chi connectivity index (χ3v) is 3.13. The van der Waals surface area contributed by atoms with Crippen molar-refractivity contribution < 1.29 is 9.13 Å². The Labute approximate surface area is 119 Å². The first kappa shape index (κ1) is 14.5. The molecule has 0 bridgehead atoms. The van der Waals surface area contributed by atoms with Crippen LogP contribution in [-0.2, 0) is 17.8 Å². The van der Waals surface area contributed by atoms with E-state index in [9.17, 15) is 4.39 Å². The van der Waals surface area contributed by atoms with Crippen LogP contribution in [0.2, 0.25) is 0 Å². The van der Waals surface area contributed by atoms with Gasteiger partial charge in [-0.3, -0.25) is 0 Å². The summed E-state index contributed by atoms with van der Waals surface area (Å²) in [4.78, 5) is 0. The molecule has 2 aromatic rings. The first-order chi connectivity index (χ1) is 9.69. The van der Waals surface area contributed by atoms with Crippen molar-refractivity contribution in [1.82, 2.24) is 0 Å².